The van der Waals surface area contributed by atoms with E-state index in [1.807, 2.05) is 16.7 Å². The zero-order valence-electron chi connectivity index (χ0n) is 13.1. The normalized spacial score (nSPS) is 18.2. The van der Waals surface area contributed by atoms with E-state index in [9.17, 15) is 14.9 Å². The second-order valence-electron chi connectivity index (χ2n) is 5.64. The Bertz CT molecular complexity index is 701. The first kappa shape index (κ1) is 17.0. The molecule has 0 aliphatic carbocycles. The molecule has 1 fully saturated rings. The van der Waals surface area contributed by atoms with Crippen molar-refractivity contribution in [1.82, 2.24) is 4.90 Å². The number of non-ortho nitro benzene ring substituents is 1. The second kappa shape index (κ2) is 7.81. The highest BCUT2D eigenvalue weighted by atomic mass is 32.2. The number of hydrogen-bond acceptors (Lipinski definition) is 5. The van der Waals surface area contributed by atoms with E-state index in [-0.39, 0.29) is 11.6 Å². The van der Waals surface area contributed by atoms with Gasteiger partial charge in [-0.3, -0.25) is 14.9 Å². The van der Waals surface area contributed by atoms with Crippen LogP contribution in [0, 0.1) is 10.1 Å². The lowest BCUT2D eigenvalue weighted by Gasteiger charge is -2.20. The van der Waals surface area contributed by atoms with Crippen LogP contribution in [0.1, 0.15) is 22.1 Å². The molecule has 5 nitrogen and oxygen atoms in total. The number of thiophene rings is 1. The highest BCUT2D eigenvalue weighted by Gasteiger charge is 2.22. The van der Waals surface area contributed by atoms with Gasteiger partial charge in [0.15, 0.2) is 0 Å². The topological polar surface area (TPSA) is 63.4 Å². The Morgan fingerprint density at radius 1 is 1.25 bits per heavy atom. The number of thioether (sulfide) groups is 1. The Hall–Kier alpha value is -1.86. The highest BCUT2D eigenvalue weighted by Crippen LogP contribution is 2.36. The van der Waals surface area contributed by atoms with Gasteiger partial charge in [0.1, 0.15) is 0 Å². The maximum Gasteiger partial charge on any atom is 0.269 e. The van der Waals surface area contributed by atoms with E-state index >= 15 is 0 Å². The molecule has 0 N–H and O–H groups in total. The predicted molar refractivity (Wildman–Crippen MR) is 97.5 cm³/mol. The third-order valence-corrected chi connectivity index (χ3v) is 6.50. The summed E-state index contributed by atoms with van der Waals surface area (Å²) < 4.78 is 0. The maximum atomic E-state index is 12.5. The number of carbonyl (C=O) groups is 1. The van der Waals surface area contributed by atoms with Crippen LogP contribution in [0.5, 0.6) is 0 Å². The van der Waals surface area contributed by atoms with Gasteiger partial charge in [-0.25, -0.2) is 0 Å². The molecular weight excluding hydrogens is 344 g/mol. The fourth-order valence-corrected chi connectivity index (χ4v) is 4.98. The number of nitro benzene ring substituents is 1. The van der Waals surface area contributed by atoms with Gasteiger partial charge in [-0.05, 0) is 23.4 Å². The summed E-state index contributed by atoms with van der Waals surface area (Å²) in [5.41, 5.74) is 0.869. The molecule has 1 aliphatic heterocycles. The van der Waals surface area contributed by atoms with Gasteiger partial charge < -0.3 is 4.90 Å². The zero-order valence-corrected chi connectivity index (χ0v) is 14.7. The SMILES string of the molecule is O=C(Cc1ccc([N+](=O)[O-])cc1)N1CCSC(c2cccs2)CC1. The Kier molecular flexibility index (Phi) is 5.52. The van der Waals surface area contributed by atoms with E-state index in [1.54, 1.807) is 23.5 Å². The third-order valence-electron chi connectivity index (χ3n) is 4.06. The molecule has 1 unspecified atom stereocenters. The van der Waals surface area contributed by atoms with Crippen LogP contribution in [-0.4, -0.2) is 34.6 Å². The number of rotatable bonds is 4. The summed E-state index contributed by atoms with van der Waals surface area (Å²) in [5.74, 6) is 1.03. The van der Waals surface area contributed by atoms with Crippen LogP contribution in [0.15, 0.2) is 41.8 Å². The van der Waals surface area contributed by atoms with Crippen molar-refractivity contribution in [2.45, 2.75) is 18.1 Å². The molecule has 0 saturated carbocycles. The van der Waals surface area contributed by atoms with Crippen molar-refractivity contribution < 1.29 is 9.72 Å². The third kappa shape index (κ3) is 4.15. The lowest BCUT2D eigenvalue weighted by atomic mass is 10.1. The van der Waals surface area contributed by atoms with E-state index < -0.39 is 4.92 Å². The van der Waals surface area contributed by atoms with Gasteiger partial charge in [-0.1, -0.05) is 18.2 Å². The van der Waals surface area contributed by atoms with Crippen LogP contribution in [-0.2, 0) is 11.2 Å². The molecule has 1 aromatic carbocycles. The minimum Gasteiger partial charge on any atom is -0.342 e. The Labute approximate surface area is 148 Å². The van der Waals surface area contributed by atoms with E-state index in [1.165, 1.54) is 17.0 Å². The molecule has 1 aromatic heterocycles. The summed E-state index contributed by atoms with van der Waals surface area (Å²) in [5, 5.41) is 13.2. The highest BCUT2D eigenvalue weighted by molar-refractivity contribution is 7.99. The largest absolute Gasteiger partial charge is 0.342 e. The van der Waals surface area contributed by atoms with Crippen molar-refractivity contribution in [3.63, 3.8) is 0 Å². The van der Waals surface area contributed by atoms with Crippen molar-refractivity contribution >= 4 is 34.7 Å². The average molecular weight is 362 g/mol. The lowest BCUT2D eigenvalue weighted by Crippen LogP contribution is -2.34. The minimum absolute atomic E-state index is 0.0520. The van der Waals surface area contributed by atoms with E-state index in [4.69, 9.17) is 0 Å². The molecule has 24 heavy (non-hydrogen) atoms. The monoisotopic (exact) mass is 362 g/mol. The summed E-state index contributed by atoms with van der Waals surface area (Å²) in [6.45, 7) is 1.53. The number of hydrogen-bond donors (Lipinski definition) is 0. The molecule has 0 bridgehead atoms. The molecule has 0 radical (unpaired) electrons. The molecule has 126 valence electrons. The van der Waals surface area contributed by atoms with Crippen LogP contribution in [0.4, 0.5) is 5.69 Å². The van der Waals surface area contributed by atoms with Gasteiger partial charge in [0.2, 0.25) is 5.91 Å². The maximum absolute atomic E-state index is 12.5. The summed E-state index contributed by atoms with van der Waals surface area (Å²) >= 11 is 3.69. The fourth-order valence-electron chi connectivity index (χ4n) is 2.74. The van der Waals surface area contributed by atoms with Crippen LogP contribution in [0.25, 0.3) is 0 Å². The molecule has 1 atom stereocenters. The molecular formula is C17H18N2O3S2. The van der Waals surface area contributed by atoms with E-state index in [0.717, 1.165) is 30.8 Å². The molecule has 0 spiro atoms. The summed E-state index contributed by atoms with van der Waals surface area (Å²) in [4.78, 5) is 26.1. The zero-order chi connectivity index (χ0) is 16.9. The average Bonchev–Trinajstić information content (AvgIpc) is 3.00. The number of nitro groups is 1. The standard InChI is InChI=1S/C17H18N2O3S2/c20-17(12-13-3-5-14(6-4-13)19(21)22)18-8-7-16(24-11-9-18)15-2-1-10-23-15/h1-6,10,16H,7-9,11-12H2. The predicted octanol–water partition coefficient (Wildman–Crippen LogP) is 3.91. The Balaban J connectivity index is 1.58. The van der Waals surface area contributed by atoms with Gasteiger partial charge >= 0.3 is 0 Å². The molecule has 2 heterocycles. The lowest BCUT2D eigenvalue weighted by molar-refractivity contribution is -0.384. The van der Waals surface area contributed by atoms with Crippen LogP contribution in [0.2, 0.25) is 0 Å². The van der Waals surface area contributed by atoms with E-state index in [0.29, 0.717) is 11.7 Å². The van der Waals surface area contributed by atoms with Crippen LogP contribution < -0.4 is 0 Å². The molecule has 1 aliphatic rings. The van der Waals surface area contributed by atoms with Gasteiger partial charge in [-0.2, -0.15) is 11.8 Å². The first-order valence-electron chi connectivity index (χ1n) is 7.79. The number of benzene rings is 1. The minimum atomic E-state index is -0.428. The molecule has 3 rings (SSSR count). The second-order valence-corrected chi connectivity index (χ2v) is 7.93. The fraction of sp³-hybridized carbons (Fsp3) is 0.353. The van der Waals surface area contributed by atoms with Crippen molar-refractivity contribution in [3.05, 3.63) is 62.3 Å². The quantitative estimate of drug-likeness (QED) is 0.611. The van der Waals surface area contributed by atoms with Gasteiger partial charge in [-0.15, -0.1) is 11.3 Å². The Morgan fingerprint density at radius 2 is 2.04 bits per heavy atom. The molecule has 1 amide bonds. The first-order valence-corrected chi connectivity index (χ1v) is 9.72. The molecule has 2 aromatic rings. The van der Waals surface area contributed by atoms with Crippen molar-refractivity contribution in [1.29, 1.82) is 0 Å². The molecule has 7 heteroatoms. The van der Waals surface area contributed by atoms with Gasteiger partial charge in [0, 0.05) is 41.1 Å². The van der Waals surface area contributed by atoms with Crippen molar-refractivity contribution in [2.24, 2.45) is 0 Å². The van der Waals surface area contributed by atoms with Crippen molar-refractivity contribution in [3.8, 4) is 0 Å². The van der Waals surface area contributed by atoms with Crippen molar-refractivity contribution in [2.75, 3.05) is 18.8 Å². The van der Waals surface area contributed by atoms with Gasteiger partial charge in [0.05, 0.1) is 11.3 Å². The summed E-state index contributed by atoms with van der Waals surface area (Å²) in [6.07, 6.45) is 1.27. The Morgan fingerprint density at radius 3 is 2.71 bits per heavy atom. The summed E-state index contributed by atoms with van der Waals surface area (Å²) in [7, 11) is 0. The number of nitrogens with zero attached hydrogens (tertiary/aromatic N) is 2. The molecule has 1 saturated heterocycles. The number of carbonyl (C=O) groups excluding carboxylic acids is 1. The summed E-state index contributed by atoms with van der Waals surface area (Å²) in [6, 6.07) is 10.5. The van der Waals surface area contributed by atoms with Crippen LogP contribution in [0.3, 0.4) is 0 Å². The first-order chi connectivity index (χ1) is 11.6. The smallest absolute Gasteiger partial charge is 0.269 e. The van der Waals surface area contributed by atoms with E-state index in [2.05, 4.69) is 17.5 Å². The van der Waals surface area contributed by atoms with Crippen LogP contribution >= 0.6 is 23.1 Å². The number of amides is 1. The van der Waals surface area contributed by atoms with Gasteiger partial charge in [0.25, 0.3) is 5.69 Å².